The number of para-hydroxylation sites is 1. The van der Waals surface area contributed by atoms with E-state index in [0.717, 1.165) is 0 Å². The third-order valence-corrected chi connectivity index (χ3v) is 4.73. The Morgan fingerprint density at radius 1 is 1.19 bits per heavy atom. The molecule has 10 heteroatoms. The number of aromatic nitrogens is 3. The summed E-state index contributed by atoms with van der Waals surface area (Å²) in [6.07, 6.45) is 2.51. The summed E-state index contributed by atoms with van der Waals surface area (Å²) in [5.74, 6) is -1.32. The number of H-pyrrole nitrogens is 1. The number of amides is 1. The van der Waals surface area contributed by atoms with Crippen LogP contribution in [0, 0.1) is 0 Å². The Bertz CT molecular complexity index is 1350. The van der Waals surface area contributed by atoms with Crippen LogP contribution in [0.4, 0.5) is 10.5 Å². The van der Waals surface area contributed by atoms with Gasteiger partial charge in [0.05, 0.1) is 22.7 Å². The number of rotatable bonds is 5. The Hall–Kier alpha value is -4.11. The van der Waals surface area contributed by atoms with E-state index < -0.39 is 17.6 Å². The second-order valence-electron chi connectivity index (χ2n) is 6.55. The largest absolute Gasteiger partial charge is 0.477 e. The van der Waals surface area contributed by atoms with Crippen LogP contribution in [0.5, 0.6) is 0 Å². The highest BCUT2D eigenvalue weighted by Crippen LogP contribution is 2.26. The molecular weight excluding hydrogens is 424 g/mol. The van der Waals surface area contributed by atoms with E-state index in [1.165, 1.54) is 18.5 Å². The number of ether oxygens (including phenoxy) is 1. The van der Waals surface area contributed by atoms with Gasteiger partial charge in [0, 0.05) is 22.8 Å². The first-order chi connectivity index (χ1) is 14.9. The van der Waals surface area contributed by atoms with Gasteiger partial charge in [-0.25, -0.2) is 14.6 Å². The number of benzene rings is 2. The van der Waals surface area contributed by atoms with Crippen LogP contribution in [0.15, 0.2) is 65.8 Å². The topological polar surface area (TPSA) is 126 Å². The summed E-state index contributed by atoms with van der Waals surface area (Å²) in [5, 5.41) is 12.6. The number of carbonyl (C=O) groups excluding carboxylic acids is 1. The number of aromatic carboxylic acids is 1. The molecule has 31 heavy (non-hydrogen) atoms. The average Bonchev–Trinajstić information content (AvgIpc) is 3.21. The van der Waals surface area contributed by atoms with Crippen molar-refractivity contribution in [3.63, 3.8) is 0 Å². The van der Waals surface area contributed by atoms with E-state index in [-0.39, 0.29) is 12.2 Å². The number of nitrogens with zero attached hydrogens (tertiary/aromatic N) is 2. The maximum Gasteiger partial charge on any atom is 0.412 e. The number of anilines is 1. The molecule has 2 aromatic carbocycles. The Labute approximate surface area is 179 Å². The molecule has 4 aromatic rings. The molecule has 0 bridgehead atoms. The normalized spacial score (nSPS) is 10.7. The van der Waals surface area contributed by atoms with Crippen LogP contribution in [0.3, 0.4) is 0 Å². The average molecular weight is 439 g/mol. The van der Waals surface area contributed by atoms with Crippen LogP contribution in [0.2, 0.25) is 5.02 Å². The summed E-state index contributed by atoms with van der Waals surface area (Å²) in [5.41, 5.74) is 0.937. The number of carboxylic acid groups (broad SMARTS) is 1. The second kappa shape index (κ2) is 8.33. The third-order valence-electron chi connectivity index (χ3n) is 4.43. The van der Waals surface area contributed by atoms with Crippen LogP contribution in [-0.4, -0.2) is 31.7 Å². The minimum atomic E-state index is -1.32. The van der Waals surface area contributed by atoms with E-state index >= 15 is 0 Å². The lowest BCUT2D eigenvalue weighted by Crippen LogP contribution is -2.17. The fraction of sp³-hybridized carbons (Fsp3) is 0.0476. The van der Waals surface area contributed by atoms with Crippen molar-refractivity contribution < 1.29 is 19.4 Å². The summed E-state index contributed by atoms with van der Waals surface area (Å²) < 4.78 is 6.79. The number of nitrogens with one attached hydrogen (secondary N) is 2. The minimum Gasteiger partial charge on any atom is -0.477 e. The number of aromatic amines is 1. The van der Waals surface area contributed by atoms with E-state index in [1.807, 2.05) is 6.07 Å². The molecule has 4 rings (SSSR count). The van der Waals surface area contributed by atoms with Crippen molar-refractivity contribution in [2.24, 2.45) is 0 Å². The van der Waals surface area contributed by atoms with Gasteiger partial charge in [-0.2, -0.15) is 0 Å². The Morgan fingerprint density at radius 2 is 1.97 bits per heavy atom. The maximum absolute atomic E-state index is 11.9. The van der Waals surface area contributed by atoms with E-state index in [0.29, 0.717) is 33.0 Å². The number of hydrogen-bond donors (Lipinski definition) is 3. The van der Waals surface area contributed by atoms with Crippen LogP contribution < -0.4 is 10.9 Å². The van der Waals surface area contributed by atoms with Crippen molar-refractivity contribution >= 4 is 40.3 Å². The highest BCUT2D eigenvalue weighted by molar-refractivity contribution is 6.33. The van der Waals surface area contributed by atoms with Crippen molar-refractivity contribution in [1.29, 1.82) is 0 Å². The first-order valence-electron chi connectivity index (χ1n) is 9.02. The second-order valence-corrected chi connectivity index (χ2v) is 6.95. The van der Waals surface area contributed by atoms with Gasteiger partial charge in [0.2, 0.25) is 0 Å². The molecule has 0 fully saturated rings. The molecule has 9 nitrogen and oxygen atoms in total. The number of pyridine rings is 1. The van der Waals surface area contributed by atoms with Crippen molar-refractivity contribution in [2.75, 3.05) is 5.32 Å². The first-order valence-corrected chi connectivity index (χ1v) is 9.40. The molecule has 0 saturated carbocycles. The molecule has 2 aromatic heterocycles. The van der Waals surface area contributed by atoms with Crippen molar-refractivity contribution in [3.05, 3.63) is 87.7 Å². The van der Waals surface area contributed by atoms with Gasteiger partial charge >= 0.3 is 12.1 Å². The van der Waals surface area contributed by atoms with Crippen LogP contribution in [-0.2, 0) is 11.3 Å². The zero-order valence-corrected chi connectivity index (χ0v) is 16.6. The number of carbonyl (C=O) groups is 2. The molecule has 0 radical (unpaired) electrons. The molecule has 0 aliphatic rings. The van der Waals surface area contributed by atoms with Gasteiger partial charge in [0.1, 0.15) is 12.2 Å². The maximum atomic E-state index is 11.9. The summed E-state index contributed by atoms with van der Waals surface area (Å²) in [4.78, 5) is 41.7. The Kier molecular flexibility index (Phi) is 5.42. The number of carboxylic acids is 1. The third kappa shape index (κ3) is 4.41. The summed E-state index contributed by atoms with van der Waals surface area (Å²) in [7, 11) is 0. The molecule has 0 atom stereocenters. The monoisotopic (exact) mass is 438 g/mol. The number of fused-ring (bicyclic) bond motifs is 1. The molecule has 0 spiro atoms. The molecule has 0 saturated heterocycles. The molecule has 0 aliphatic carbocycles. The van der Waals surface area contributed by atoms with Crippen LogP contribution in [0.25, 0.3) is 16.6 Å². The van der Waals surface area contributed by atoms with E-state index in [1.54, 1.807) is 41.1 Å². The molecular formula is C21H15ClN4O5. The fourth-order valence-electron chi connectivity index (χ4n) is 2.96. The van der Waals surface area contributed by atoms with Gasteiger partial charge in [0.15, 0.2) is 0 Å². The van der Waals surface area contributed by atoms with Crippen LogP contribution >= 0.6 is 11.6 Å². The van der Waals surface area contributed by atoms with E-state index in [9.17, 15) is 14.4 Å². The van der Waals surface area contributed by atoms with Gasteiger partial charge < -0.3 is 19.4 Å². The smallest absolute Gasteiger partial charge is 0.412 e. The van der Waals surface area contributed by atoms with Crippen molar-refractivity contribution in [1.82, 2.24) is 14.5 Å². The standard InChI is InChI=1S/C21H15ClN4O5/c22-16-8-17-12(6-15(20(28)29)19(27)25-17)7-18(16)26-9-14(23-11-26)10-31-21(30)24-13-4-2-1-3-5-13/h1-9,11H,10H2,(H,24,30)(H,25,27)(H,28,29). The van der Waals surface area contributed by atoms with Gasteiger partial charge in [0.25, 0.3) is 5.56 Å². The SMILES string of the molecule is O=C(Nc1ccccc1)OCc1cn(-c2cc3cc(C(=O)O)c(=O)[nH]c3cc2Cl)cn1. The zero-order chi connectivity index (χ0) is 22.0. The summed E-state index contributed by atoms with van der Waals surface area (Å²) >= 11 is 6.34. The summed E-state index contributed by atoms with van der Waals surface area (Å²) in [6.45, 7) is -0.0622. The zero-order valence-electron chi connectivity index (χ0n) is 15.8. The molecule has 3 N–H and O–H groups in total. The quantitative estimate of drug-likeness (QED) is 0.435. The van der Waals surface area contributed by atoms with Crippen LogP contribution in [0.1, 0.15) is 16.1 Å². The minimum absolute atomic E-state index is 0.0622. The predicted octanol–water partition coefficient (Wildman–Crippen LogP) is 3.81. The molecule has 0 aliphatic heterocycles. The first kappa shape index (κ1) is 20.2. The van der Waals surface area contributed by atoms with Crippen molar-refractivity contribution in [2.45, 2.75) is 6.61 Å². The highest BCUT2D eigenvalue weighted by Gasteiger charge is 2.13. The molecule has 0 unspecified atom stereocenters. The lowest BCUT2D eigenvalue weighted by molar-refractivity contribution is 0.0695. The molecule has 1 amide bonds. The van der Waals surface area contributed by atoms with Gasteiger partial charge in [-0.1, -0.05) is 29.8 Å². The number of halogens is 1. The fourth-order valence-corrected chi connectivity index (χ4v) is 3.22. The van der Waals surface area contributed by atoms with E-state index in [2.05, 4.69) is 15.3 Å². The Balaban J connectivity index is 1.53. The summed E-state index contributed by atoms with van der Waals surface area (Å²) in [6, 6.07) is 13.3. The molecule has 156 valence electrons. The van der Waals surface area contributed by atoms with Gasteiger partial charge in [-0.3, -0.25) is 10.1 Å². The lowest BCUT2D eigenvalue weighted by atomic mass is 10.1. The van der Waals surface area contributed by atoms with E-state index in [4.69, 9.17) is 21.4 Å². The lowest BCUT2D eigenvalue weighted by Gasteiger charge is -2.08. The molecule has 2 heterocycles. The number of imidazole rings is 1. The van der Waals surface area contributed by atoms with Gasteiger partial charge in [-0.05, 0) is 30.3 Å². The highest BCUT2D eigenvalue weighted by atomic mass is 35.5. The Morgan fingerprint density at radius 3 is 2.71 bits per heavy atom. The van der Waals surface area contributed by atoms with Gasteiger partial charge in [-0.15, -0.1) is 0 Å². The number of hydrogen-bond acceptors (Lipinski definition) is 5. The van der Waals surface area contributed by atoms with Crippen molar-refractivity contribution in [3.8, 4) is 5.69 Å². The predicted molar refractivity (Wildman–Crippen MR) is 114 cm³/mol.